The van der Waals surface area contributed by atoms with E-state index in [2.05, 4.69) is 9.97 Å². The van der Waals surface area contributed by atoms with Crippen molar-refractivity contribution in [3.8, 4) is 0 Å². The molecular weight excluding hydrogens is 268 g/mol. The van der Waals surface area contributed by atoms with Gasteiger partial charge in [0.1, 0.15) is 24.6 Å². The van der Waals surface area contributed by atoms with Crippen LogP contribution in [-0.2, 0) is 4.74 Å². The Labute approximate surface area is 112 Å². The molecule has 1 aliphatic heterocycles. The molecule has 20 heavy (non-hydrogen) atoms. The number of imidazole rings is 1. The van der Waals surface area contributed by atoms with Crippen LogP contribution in [0.15, 0.2) is 12.7 Å². The predicted octanol–water partition coefficient (Wildman–Crippen LogP) is -2.96. The van der Waals surface area contributed by atoms with Crippen LogP contribution in [0.4, 0.5) is 0 Å². The third kappa shape index (κ3) is 1.70. The minimum atomic E-state index is -1.23. The Balaban J connectivity index is 2.08. The lowest BCUT2D eigenvalue weighted by Gasteiger charge is -2.16. The number of nitrogens with two attached hydrogens (primary N) is 1. The quantitative estimate of drug-likeness (QED) is 0.368. The van der Waals surface area contributed by atoms with E-state index in [4.69, 9.17) is 21.1 Å². The van der Waals surface area contributed by atoms with Gasteiger partial charge < -0.3 is 25.9 Å². The lowest BCUT2D eigenvalue weighted by Crippen LogP contribution is -2.33. The maximum atomic E-state index is 9.97. The summed E-state index contributed by atoms with van der Waals surface area (Å²) in [6, 6.07) is 0. The van der Waals surface area contributed by atoms with Crippen LogP contribution >= 0.6 is 0 Å². The molecule has 0 aromatic carbocycles. The number of fused-ring (bicyclic) bond motifs is 1. The van der Waals surface area contributed by atoms with Crippen LogP contribution in [0.1, 0.15) is 6.23 Å². The summed E-state index contributed by atoms with van der Waals surface area (Å²) in [6.45, 7) is -0.415. The van der Waals surface area contributed by atoms with E-state index in [1.807, 2.05) is 0 Å². The van der Waals surface area contributed by atoms with E-state index in [1.165, 1.54) is 17.2 Å². The van der Waals surface area contributed by atoms with E-state index in [9.17, 15) is 10.2 Å². The second-order valence-corrected chi connectivity index (χ2v) is 4.55. The molecule has 0 aliphatic carbocycles. The number of nitrogens with zero attached hydrogens (tertiary/aromatic N) is 4. The van der Waals surface area contributed by atoms with Crippen molar-refractivity contribution in [2.75, 3.05) is 12.4 Å². The Hall–Kier alpha value is -2.01. The molecule has 0 spiro atoms. The van der Waals surface area contributed by atoms with Gasteiger partial charge in [-0.2, -0.15) is 0 Å². The zero-order valence-corrected chi connectivity index (χ0v) is 10.3. The topological polar surface area (TPSA) is 155 Å². The molecule has 10 heteroatoms. The van der Waals surface area contributed by atoms with Gasteiger partial charge in [-0.1, -0.05) is 0 Å². The minimum Gasteiger partial charge on any atom is -0.394 e. The fourth-order valence-electron chi connectivity index (χ4n) is 2.24. The number of nitrogen functional groups attached to an aromatic ring is 1. The van der Waals surface area contributed by atoms with Gasteiger partial charge in [-0.25, -0.2) is 14.6 Å². The van der Waals surface area contributed by atoms with Crippen molar-refractivity contribution in [2.24, 2.45) is 0 Å². The van der Waals surface area contributed by atoms with Gasteiger partial charge in [-0.15, -0.1) is 0 Å². The standard InChI is InChI=1S/C10H14N6O4/c11-8-5-9(14-3-16(8)12)15(2-13-5)10-7(19)6(18)4(1-17)20-10/h2-4,6-7,10-11,17-19H,1,12H2/t4-,6+,7+,10-/m1/s1. The summed E-state index contributed by atoms with van der Waals surface area (Å²) in [6.07, 6.45) is -1.68. The van der Waals surface area contributed by atoms with E-state index < -0.39 is 31.1 Å². The lowest BCUT2D eigenvalue weighted by atomic mass is 10.1. The Bertz CT molecular complexity index is 697. The van der Waals surface area contributed by atoms with Crippen LogP contribution in [0.25, 0.3) is 11.2 Å². The monoisotopic (exact) mass is 282 g/mol. The van der Waals surface area contributed by atoms with Gasteiger partial charge in [0, 0.05) is 0 Å². The van der Waals surface area contributed by atoms with Crippen LogP contribution < -0.4 is 11.3 Å². The molecule has 2 aromatic rings. The first kappa shape index (κ1) is 13.0. The number of aliphatic hydroxyl groups excluding tert-OH is 3. The first-order chi connectivity index (χ1) is 9.54. The van der Waals surface area contributed by atoms with Crippen LogP contribution in [0, 0.1) is 5.41 Å². The molecule has 4 atom stereocenters. The molecule has 108 valence electrons. The molecular formula is C10H14N6O4. The average molecular weight is 282 g/mol. The van der Waals surface area contributed by atoms with Crippen molar-refractivity contribution >= 4 is 11.2 Å². The van der Waals surface area contributed by atoms with Crippen molar-refractivity contribution in [3.63, 3.8) is 0 Å². The second-order valence-electron chi connectivity index (χ2n) is 4.55. The van der Waals surface area contributed by atoms with Gasteiger partial charge >= 0.3 is 0 Å². The zero-order chi connectivity index (χ0) is 14.4. The van der Waals surface area contributed by atoms with E-state index >= 15 is 0 Å². The number of hydrogen-bond donors (Lipinski definition) is 5. The SMILES string of the molecule is N=c1c2ncn([C@@H]3O[C@H](CO)[C@H](O)[C@@H]3O)c2ncn1N. The molecule has 2 aromatic heterocycles. The molecule has 1 saturated heterocycles. The van der Waals surface area contributed by atoms with Gasteiger partial charge in [-0.05, 0) is 0 Å². The fraction of sp³-hybridized carbons (Fsp3) is 0.500. The van der Waals surface area contributed by atoms with E-state index in [1.54, 1.807) is 0 Å². The molecule has 0 bridgehead atoms. The summed E-state index contributed by atoms with van der Waals surface area (Å²) in [5.41, 5.74) is 0.500. The first-order valence-corrected chi connectivity index (χ1v) is 5.91. The van der Waals surface area contributed by atoms with Gasteiger partial charge in [0.15, 0.2) is 22.9 Å². The maximum absolute atomic E-state index is 9.97. The highest BCUT2D eigenvalue weighted by molar-refractivity contribution is 5.68. The molecule has 6 N–H and O–H groups in total. The van der Waals surface area contributed by atoms with Crippen LogP contribution in [0.5, 0.6) is 0 Å². The lowest BCUT2D eigenvalue weighted by molar-refractivity contribution is -0.0511. The first-order valence-electron chi connectivity index (χ1n) is 5.91. The fourth-order valence-corrected chi connectivity index (χ4v) is 2.24. The molecule has 0 unspecified atom stereocenters. The normalized spacial score (nSPS) is 30.1. The van der Waals surface area contributed by atoms with Crippen molar-refractivity contribution < 1.29 is 20.1 Å². The third-order valence-corrected chi connectivity index (χ3v) is 3.35. The molecule has 10 nitrogen and oxygen atoms in total. The van der Waals surface area contributed by atoms with Gasteiger partial charge in [0.2, 0.25) is 0 Å². The highest BCUT2D eigenvalue weighted by Gasteiger charge is 2.43. The molecule has 0 radical (unpaired) electrons. The number of ether oxygens (including phenoxy) is 1. The Kier molecular flexibility index (Phi) is 2.94. The molecule has 0 amide bonds. The van der Waals surface area contributed by atoms with Crippen molar-refractivity contribution in [2.45, 2.75) is 24.5 Å². The summed E-state index contributed by atoms with van der Waals surface area (Å²) in [5, 5.41) is 36.6. The summed E-state index contributed by atoms with van der Waals surface area (Å²) in [7, 11) is 0. The number of aromatic nitrogens is 4. The molecule has 0 saturated carbocycles. The maximum Gasteiger partial charge on any atom is 0.175 e. The number of rotatable bonds is 2. The summed E-state index contributed by atoms with van der Waals surface area (Å²) < 4.78 is 7.80. The summed E-state index contributed by atoms with van der Waals surface area (Å²) in [5.74, 6) is 5.51. The number of hydrogen-bond acceptors (Lipinski definition) is 8. The van der Waals surface area contributed by atoms with Crippen LogP contribution in [0.3, 0.4) is 0 Å². The minimum absolute atomic E-state index is 0.0412. The molecule has 1 fully saturated rings. The average Bonchev–Trinajstić information content (AvgIpc) is 2.98. The van der Waals surface area contributed by atoms with Crippen molar-refractivity contribution in [3.05, 3.63) is 18.1 Å². The second kappa shape index (κ2) is 4.52. The Morgan fingerprint density at radius 1 is 1.30 bits per heavy atom. The molecule has 3 rings (SSSR count). The van der Waals surface area contributed by atoms with Gasteiger partial charge in [0.25, 0.3) is 0 Å². The predicted molar refractivity (Wildman–Crippen MR) is 64.5 cm³/mol. The summed E-state index contributed by atoms with van der Waals surface area (Å²) >= 11 is 0. The van der Waals surface area contributed by atoms with E-state index in [0.717, 1.165) is 4.68 Å². The molecule has 1 aliphatic rings. The van der Waals surface area contributed by atoms with E-state index in [0.29, 0.717) is 5.65 Å². The highest BCUT2D eigenvalue weighted by Crippen LogP contribution is 2.30. The van der Waals surface area contributed by atoms with Crippen LogP contribution in [-0.4, -0.2) is 59.4 Å². The van der Waals surface area contributed by atoms with Crippen molar-refractivity contribution in [1.29, 1.82) is 5.41 Å². The van der Waals surface area contributed by atoms with Crippen molar-refractivity contribution in [1.82, 2.24) is 19.2 Å². The van der Waals surface area contributed by atoms with Gasteiger partial charge in [0.05, 0.1) is 12.9 Å². The third-order valence-electron chi connectivity index (χ3n) is 3.35. The van der Waals surface area contributed by atoms with Crippen LogP contribution in [0.2, 0.25) is 0 Å². The summed E-state index contributed by atoms with van der Waals surface area (Å²) in [4.78, 5) is 8.05. The zero-order valence-electron chi connectivity index (χ0n) is 10.3. The Morgan fingerprint density at radius 2 is 2.05 bits per heavy atom. The number of nitrogens with one attached hydrogen (secondary N) is 1. The smallest absolute Gasteiger partial charge is 0.175 e. The molecule has 3 heterocycles. The number of aliphatic hydroxyl groups is 3. The largest absolute Gasteiger partial charge is 0.394 e. The Morgan fingerprint density at radius 3 is 2.70 bits per heavy atom. The van der Waals surface area contributed by atoms with E-state index in [-0.39, 0.29) is 11.0 Å². The van der Waals surface area contributed by atoms with Gasteiger partial charge in [-0.3, -0.25) is 9.98 Å². The highest BCUT2D eigenvalue weighted by atomic mass is 16.6.